The minimum Gasteiger partial charge on any atom is -0.486 e. The van der Waals surface area contributed by atoms with Gasteiger partial charge in [-0.2, -0.15) is 5.26 Å². The predicted molar refractivity (Wildman–Crippen MR) is 112 cm³/mol. The van der Waals surface area contributed by atoms with Crippen LogP contribution in [0.2, 0.25) is 0 Å². The Balaban J connectivity index is 1.56. The number of aromatic nitrogens is 1. The number of fused-ring (bicyclic) bond motifs is 1. The monoisotopic (exact) mass is 403 g/mol. The van der Waals surface area contributed by atoms with Crippen molar-refractivity contribution in [3.63, 3.8) is 0 Å². The molecule has 1 N–H and O–H groups in total. The van der Waals surface area contributed by atoms with Crippen molar-refractivity contribution >= 4 is 11.6 Å². The predicted octanol–water partition coefficient (Wildman–Crippen LogP) is 4.02. The molecule has 0 fully saturated rings. The van der Waals surface area contributed by atoms with Gasteiger partial charge in [0, 0.05) is 28.8 Å². The van der Waals surface area contributed by atoms with E-state index in [1.165, 1.54) is 0 Å². The zero-order valence-corrected chi connectivity index (χ0v) is 16.8. The first-order chi connectivity index (χ1) is 14.6. The molecule has 0 radical (unpaired) electrons. The summed E-state index contributed by atoms with van der Waals surface area (Å²) in [6.07, 6.45) is 0. The van der Waals surface area contributed by atoms with Crippen LogP contribution in [0, 0.1) is 25.2 Å². The molecule has 0 saturated carbocycles. The molecule has 7 heteroatoms. The van der Waals surface area contributed by atoms with Gasteiger partial charge >= 0.3 is 0 Å². The van der Waals surface area contributed by atoms with E-state index in [0.29, 0.717) is 36.0 Å². The quantitative estimate of drug-likeness (QED) is 0.695. The molecule has 0 aliphatic carbocycles. The molecule has 0 bridgehead atoms. The average molecular weight is 403 g/mol. The second-order valence-corrected chi connectivity index (χ2v) is 6.87. The van der Waals surface area contributed by atoms with Gasteiger partial charge in [-0.15, -0.1) is 0 Å². The van der Waals surface area contributed by atoms with E-state index in [2.05, 4.69) is 5.32 Å². The van der Waals surface area contributed by atoms with E-state index in [0.717, 1.165) is 22.8 Å². The first kappa shape index (κ1) is 19.4. The maximum atomic E-state index is 12.9. The van der Waals surface area contributed by atoms with Gasteiger partial charge in [-0.3, -0.25) is 4.79 Å². The molecule has 2 aromatic carbocycles. The average Bonchev–Trinajstić information content (AvgIpc) is 3.07. The Bertz CT molecular complexity index is 1130. The van der Waals surface area contributed by atoms with E-state index < -0.39 is 0 Å². The molecular weight excluding hydrogens is 382 g/mol. The Labute approximate surface area is 174 Å². The van der Waals surface area contributed by atoms with Gasteiger partial charge in [-0.05, 0) is 56.3 Å². The summed E-state index contributed by atoms with van der Waals surface area (Å²) in [5.41, 5.74) is 3.91. The Morgan fingerprint density at radius 3 is 2.57 bits per heavy atom. The number of carbonyl (C=O) groups excluding carboxylic acids is 1. The van der Waals surface area contributed by atoms with Crippen LogP contribution in [0.3, 0.4) is 0 Å². The zero-order valence-electron chi connectivity index (χ0n) is 16.8. The molecule has 152 valence electrons. The standard InChI is InChI=1S/C23H21N3O4/c1-15-13-20(23(27)25-17-3-6-19(7-4-17)28-10-9-24)16(2)26(15)18-5-8-21-22(14-18)30-12-11-29-21/h3-8,13-14H,10-12H2,1-2H3,(H,25,27). The summed E-state index contributed by atoms with van der Waals surface area (Å²) in [6, 6.07) is 16.5. The van der Waals surface area contributed by atoms with Gasteiger partial charge in [-0.1, -0.05) is 0 Å². The van der Waals surface area contributed by atoms with Crippen molar-refractivity contribution in [3.8, 4) is 29.0 Å². The lowest BCUT2D eigenvalue weighted by Gasteiger charge is -2.20. The summed E-state index contributed by atoms with van der Waals surface area (Å²) in [4.78, 5) is 12.9. The van der Waals surface area contributed by atoms with Crippen molar-refractivity contribution in [1.82, 2.24) is 4.57 Å². The third-order valence-corrected chi connectivity index (χ3v) is 4.88. The summed E-state index contributed by atoms with van der Waals surface area (Å²) < 4.78 is 18.5. The maximum Gasteiger partial charge on any atom is 0.257 e. The fourth-order valence-corrected chi connectivity index (χ4v) is 3.51. The number of aryl methyl sites for hydroxylation is 1. The molecule has 1 aromatic heterocycles. The fourth-order valence-electron chi connectivity index (χ4n) is 3.51. The number of nitrogens with zero attached hydrogens (tertiary/aromatic N) is 2. The van der Waals surface area contributed by atoms with Gasteiger partial charge in [-0.25, -0.2) is 0 Å². The third kappa shape index (κ3) is 3.80. The minimum atomic E-state index is -0.197. The number of hydrogen-bond acceptors (Lipinski definition) is 5. The summed E-state index contributed by atoms with van der Waals surface area (Å²) >= 11 is 0. The van der Waals surface area contributed by atoms with E-state index in [-0.39, 0.29) is 12.5 Å². The Morgan fingerprint density at radius 2 is 1.83 bits per heavy atom. The van der Waals surface area contributed by atoms with Gasteiger partial charge in [0.1, 0.15) is 25.0 Å². The molecule has 0 spiro atoms. The van der Waals surface area contributed by atoms with Crippen molar-refractivity contribution in [2.45, 2.75) is 13.8 Å². The maximum absolute atomic E-state index is 12.9. The molecule has 0 saturated heterocycles. The van der Waals surface area contributed by atoms with Crippen molar-refractivity contribution in [1.29, 1.82) is 5.26 Å². The fraction of sp³-hybridized carbons (Fsp3) is 0.217. The molecule has 2 heterocycles. The number of rotatable bonds is 5. The van der Waals surface area contributed by atoms with Crippen molar-refractivity contribution in [2.24, 2.45) is 0 Å². The van der Waals surface area contributed by atoms with Crippen LogP contribution in [0.5, 0.6) is 17.2 Å². The van der Waals surface area contributed by atoms with Gasteiger partial charge in [0.05, 0.1) is 5.56 Å². The Morgan fingerprint density at radius 1 is 1.10 bits per heavy atom. The van der Waals surface area contributed by atoms with Crippen LogP contribution in [0.15, 0.2) is 48.5 Å². The lowest BCUT2D eigenvalue weighted by molar-refractivity contribution is 0.102. The van der Waals surface area contributed by atoms with Gasteiger partial charge in [0.2, 0.25) is 0 Å². The Kier molecular flexibility index (Phi) is 5.31. The third-order valence-electron chi connectivity index (χ3n) is 4.88. The number of nitriles is 1. The smallest absolute Gasteiger partial charge is 0.257 e. The highest BCUT2D eigenvalue weighted by atomic mass is 16.6. The summed E-state index contributed by atoms with van der Waals surface area (Å²) in [5.74, 6) is 1.81. The van der Waals surface area contributed by atoms with E-state index in [1.807, 2.05) is 48.7 Å². The van der Waals surface area contributed by atoms with Crippen LogP contribution >= 0.6 is 0 Å². The number of anilines is 1. The molecule has 1 aliphatic rings. The lowest BCUT2D eigenvalue weighted by Crippen LogP contribution is -2.16. The van der Waals surface area contributed by atoms with Crippen LogP contribution in [0.25, 0.3) is 5.69 Å². The largest absolute Gasteiger partial charge is 0.486 e. The summed E-state index contributed by atoms with van der Waals surface area (Å²) in [5, 5.41) is 11.5. The van der Waals surface area contributed by atoms with Crippen molar-refractivity contribution < 1.29 is 19.0 Å². The molecule has 3 aromatic rings. The number of ether oxygens (including phenoxy) is 3. The molecule has 0 atom stereocenters. The minimum absolute atomic E-state index is 0.0163. The van der Waals surface area contributed by atoms with Crippen molar-refractivity contribution in [3.05, 3.63) is 65.5 Å². The number of carbonyl (C=O) groups is 1. The lowest BCUT2D eigenvalue weighted by atomic mass is 10.2. The number of nitrogens with one attached hydrogen (secondary N) is 1. The second-order valence-electron chi connectivity index (χ2n) is 6.87. The highest BCUT2D eigenvalue weighted by Crippen LogP contribution is 2.33. The number of hydrogen-bond donors (Lipinski definition) is 1. The molecular formula is C23H21N3O4. The molecule has 0 unspecified atom stereocenters. The first-order valence-electron chi connectivity index (χ1n) is 9.57. The molecule has 30 heavy (non-hydrogen) atoms. The normalized spacial score (nSPS) is 12.2. The SMILES string of the molecule is Cc1cc(C(=O)Nc2ccc(OCC#N)cc2)c(C)n1-c1ccc2c(c1)OCCO2. The number of amides is 1. The van der Waals surface area contributed by atoms with Crippen LogP contribution < -0.4 is 19.5 Å². The topological polar surface area (TPSA) is 85.5 Å². The highest BCUT2D eigenvalue weighted by Gasteiger charge is 2.19. The van der Waals surface area contributed by atoms with E-state index in [9.17, 15) is 4.79 Å². The van der Waals surface area contributed by atoms with Gasteiger partial charge < -0.3 is 24.1 Å². The molecule has 1 amide bonds. The first-order valence-corrected chi connectivity index (χ1v) is 9.57. The van der Waals surface area contributed by atoms with Crippen LogP contribution in [0.1, 0.15) is 21.7 Å². The highest BCUT2D eigenvalue weighted by molar-refractivity contribution is 6.05. The van der Waals surface area contributed by atoms with Crippen LogP contribution in [-0.2, 0) is 0 Å². The van der Waals surface area contributed by atoms with E-state index in [4.69, 9.17) is 19.5 Å². The van der Waals surface area contributed by atoms with E-state index in [1.54, 1.807) is 24.3 Å². The van der Waals surface area contributed by atoms with Crippen LogP contribution in [0.4, 0.5) is 5.69 Å². The van der Waals surface area contributed by atoms with Gasteiger partial charge in [0.15, 0.2) is 18.1 Å². The second kappa shape index (κ2) is 8.21. The number of benzene rings is 2. The molecule has 7 nitrogen and oxygen atoms in total. The molecule has 4 rings (SSSR count). The van der Waals surface area contributed by atoms with Gasteiger partial charge in [0.25, 0.3) is 5.91 Å². The zero-order chi connectivity index (χ0) is 21.1. The van der Waals surface area contributed by atoms with Crippen LogP contribution in [-0.4, -0.2) is 30.3 Å². The van der Waals surface area contributed by atoms with Crippen molar-refractivity contribution in [2.75, 3.05) is 25.1 Å². The summed E-state index contributed by atoms with van der Waals surface area (Å²) in [7, 11) is 0. The Hall–Kier alpha value is -3.92. The summed E-state index contributed by atoms with van der Waals surface area (Å²) in [6.45, 7) is 4.93. The molecule has 1 aliphatic heterocycles. The van der Waals surface area contributed by atoms with E-state index >= 15 is 0 Å².